The normalized spacial score (nSPS) is 11.5. The molecule has 1 unspecified atom stereocenters. The van der Waals surface area contributed by atoms with Gasteiger partial charge in [0.05, 0.1) is 25.9 Å². The highest BCUT2D eigenvalue weighted by atomic mass is 16.5. The summed E-state index contributed by atoms with van der Waals surface area (Å²) in [7, 11) is 3.23. The first-order valence-corrected chi connectivity index (χ1v) is 10.7. The van der Waals surface area contributed by atoms with Gasteiger partial charge in [0.1, 0.15) is 17.3 Å². The number of aryl methyl sites for hydroxylation is 1. The van der Waals surface area contributed by atoms with Gasteiger partial charge in [-0.3, -0.25) is 0 Å². The number of hydrogen-bond acceptors (Lipinski definition) is 7. The molecule has 1 heterocycles. The van der Waals surface area contributed by atoms with Gasteiger partial charge in [-0.05, 0) is 36.6 Å². The largest absolute Gasteiger partial charge is 0.497 e. The van der Waals surface area contributed by atoms with Crippen LogP contribution < -0.4 is 20.1 Å². The summed E-state index contributed by atoms with van der Waals surface area (Å²) < 4.78 is 10.8. The topological polar surface area (TPSA) is 81.2 Å². The summed E-state index contributed by atoms with van der Waals surface area (Å²) in [5.41, 5.74) is 3.12. The Bertz CT molecular complexity index is 1190. The molecule has 2 N–H and O–H groups in total. The smallest absolute Gasteiger partial charge is 0.232 e. The minimum absolute atomic E-state index is 0.00114. The SMILES string of the molecule is COc1ccc(Nc2nc(C)nc(NC(Cc3ccccc3)c3ccccc3)n2)c(OC)c1. The molecule has 7 heteroatoms. The number of methoxy groups -OCH3 is 2. The van der Waals surface area contributed by atoms with Crippen molar-refractivity contribution in [2.75, 3.05) is 24.9 Å². The number of nitrogens with one attached hydrogen (secondary N) is 2. The minimum Gasteiger partial charge on any atom is -0.497 e. The molecule has 0 radical (unpaired) electrons. The summed E-state index contributed by atoms with van der Waals surface area (Å²) in [6, 6.07) is 26.2. The molecular weight excluding hydrogens is 414 g/mol. The van der Waals surface area contributed by atoms with Crippen molar-refractivity contribution in [1.29, 1.82) is 0 Å². The van der Waals surface area contributed by atoms with Crippen LogP contribution in [0.15, 0.2) is 78.9 Å². The molecule has 0 spiro atoms. The molecule has 4 rings (SSSR count). The molecule has 0 saturated heterocycles. The first-order valence-electron chi connectivity index (χ1n) is 10.7. The maximum Gasteiger partial charge on any atom is 0.232 e. The van der Waals surface area contributed by atoms with Crippen molar-refractivity contribution < 1.29 is 9.47 Å². The molecule has 1 aromatic heterocycles. The fourth-order valence-corrected chi connectivity index (χ4v) is 3.57. The average molecular weight is 442 g/mol. The summed E-state index contributed by atoms with van der Waals surface area (Å²) >= 11 is 0. The van der Waals surface area contributed by atoms with Gasteiger partial charge in [0, 0.05) is 6.07 Å². The van der Waals surface area contributed by atoms with Crippen molar-refractivity contribution in [3.05, 3.63) is 95.8 Å². The van der Waals surface area contributed by atoms with Gasteiger partial charge < -0.3 is 20.1 Å². The number of anilines is 3. The molecule has 0 amide bonds. The van der Waals surface area contributed by atoms with Crippen molar-refractivity contribution >= 4 is 17.6 Å². The minimum atomic E-state index is -0.00114. The van der Waals surface area contributed by atoms with E-state index in [1.165, 1.54) is 5.56 Å². The predicted molar refractivity (Wildman–Crippen MR) is 130 cm³/mol. The maximum atomic E-state index is 5.48. The molecule has 0 aliphatic carbocycles. The third-order valence-corrected chi connectivity index (χ3v) is 5.19. The van der Waals surface area contributed by atoms with E-state index in [0.29, 0.717) is 29.2 Å². The first kappa shape index (κ1) is 22.1. The van der Waals surface area contributed by atoms with Gasteiger partial charge in [0.2, 0.25) is 11.9 Å². The molecule has 1 atom stereocenters. The van der Waals surface area contributed by atoms with Crippen LogP contribution in [0.5, 0.6) is 11.5 Å². The van der Waals surface area contributed by atoms with Crippen LogP contribution in [0.1, 0.15) is 23.0 Å². The summed E-state index contributed by atoms with van der Waals surface area (Å²) in [6.45, 7) is 1.85. The van der Waals surface area contributed by atoms with E-state index in [1.807, 2.05) is 43.3 Å². The number of hydrogen-bond donors (Lipinski definition) is 2. The third kappa shape index (κ3) is 5.77. The summed E-state index contributed by atoms with van der Waals surface area (Å²) in [5, 5.41) is 6.74. The lowest BCUT2D eigenvalue weighted by molar-refractivity contribution is 0.395. The lowest BCUT2D eigenvalue weighted by Crippen LogP contribution is -2.17. The van der Waals surface area contributed by atoms with Gasteiger partial charge in [-0.25, -0.2) is 0 Å². The van der Waals surface area contributed by atoms with Gasteiger partial charge in [-0.2, -0.15) is 15.0 Å². The number of aromatic nitrogens is 3. The van der Waals surface area contributed by atoms with E-state index in [4.69, 9.17) is 9.47 Å². The Hall–Kier alpha value is -4.13. The van der Waals surface area contributed by atoms with Crippen LogP contribution in [0.25, 0.3) is 0 Å². The van der Waals surface area contributed by atoms with Crippen LogP contribution in [0.2, 0.25) is 0 Å². The fraction of sp³-hybridized carbons (Fsp3) is 0.192. The average Bonchev–Trinajstić information content (AvgIpc) is 2.85. The second-order valence-electron chi connectivity index (χ2n) is 7.52. The monoisotopic (exact) mass is 441 g/mol. The van der Waals surface area contributed by atoms with E-state index < -0.39 is 0 Å². The van der Waals surface area contributed by atoms with E-state index >= 15 is 0 Å². The Morgan fingerprint density at radius 1 is 0.788 bits per heavy atom. The Labute approximate surface area is 193 Å². The standard InChI is InChI=1S/C26H27N5O2/c1-18-27-25(29-22-15-14-21(32-2)17-24(22)33-3)31-26(28-18)30-23(20-12-8-5-9-13-20)16-19-10-6-4-7-11-19/h4-15,17,23H,16H2,1-3H3,(H2,27,28,29,30,31). The Morgan fingerprint density at radius 3 is 2.18 bits per heavy atom. The Kier molecular flexibility index (Phi) is 6.99. The summed E-state index contributed by atoms with van der Waals surface area (Å²) in [6.07, 6.45) is 0.796. The van der Waals surface area contributed by atoms with Crippen LogP contribution in [0, 0.1) is 6.92 Å². The van der Waals surface area contributed by atoms with Crippen molar-refractivity contribution in [2.45, 2.75) is 19.4 Å². The van der Waals surface area contributed by atoms with Crippen molar-refractivity contribution in [3.8, 4) is 11.5 Å². The van der Waals surface area contributed by atoms with Gasteiger partial charge in [-0.1, -0.05) is 60.7 Å². The van der Waals surface area contributed by atoms with Crippen LogP contribution in [0.4, 0.5) is 17.6 Å². The van der Waals surface area contributed by atoms with E-state index in [0.717, 1.165) is 17.7 Å². The fourth-order valence-electron chi connectivity index (χ4n) is 3.57. The maximum absolute atomic E-state index is 5.48. The predicted octanol–water partition coefficient (Wildman–Crippen LogP) is 5.34. The lowest BCUT2D eigenvalue weighted by atomic mass is 9.99. The second-order valence-corrected chi connectivity index (χ2v) is 7.52. The molecule has 0 saturated carbocycles. The number of benzene rings is 3. The summed E-state index contributed by atoms with van der Waals surface area (Å²) in [4.78, 5) is 13.6. The first-order chi connectivity index (χ1) is 16.1. The molecule has 0 aliphatic rings. The molecule has 168 valence electrons. The molecule has 4 aromatic rings. The quantitative estimate of drug-likeness (QED) is 0.363. The number of ether oxygens (including phenoxy) is 2. The molecule has 0 bridgehead atoms. The van der Waals surface area contributed by atoms with Crippen molar-refractivity contribution in [3.63, 3.8) is 0 Å². The highest BCUT2D eigenvalue weighted by Crippen LogP contribution is 2.31. The van der Waals surface area contributed by atoms with E-state index in [1.54, 1.807) is 20.3 Å². The van der Waals surface area contributed by atoms with E-state index in [2.05, 4.69) is 62.0 Å². The van der Waals surface area contributed by atoms with E-state index in [9.17, 15) is 0 Å². The van der Waals surface area contributed by atoms with Crippen LogP contribution >= 0.6 is 0 Å². The molecule has 33 heavy (non-hydrogen) atoms. The summed E-state index contributed by atoms with van der Waals surface area (Å²) in [5.74, 6) is 2.88. The Balaban J connectivity index is 1.60. The third-order valence-electron chi connectivity index (χ3n) is 5.19. The van der Waals surface area contributed by atoms with Gasteiger partial charge in [0.25, 0.3) is 0 Å². The second kappa shape index (κ2) is 10.5. The zero-order valence-electron chi connectivity index (χ0n) is 18.9. The molecule has 7 nitrogen and oxygen atoms in total. The van der Waals surface area contributed by atoms with Crippen LogP contribution in [-0.4, -0.2) is 29.2 Å². The van der Waals surface area contributed by atoms with Crippen molar-refractivity contribution in [1.82, 2.24) is 15.0 Å². The van der Waals surface area contributed by atoms with Gasteiger partial charge >= 0.3 is 0 Å². The van der Waals surface area contributed by atoms with Crippen LogP contribution in [-0.2, 0) is 6.42 Å². The number of rotatable bonds is 9. The molecule has 0 fully saturated rings. The Morgan fingerprint density at radius 2 is 1.48 bits per heavy atom. The zero-order chi connectivity index (χ0) is 23.0. The zero-order valence-corrected chi connectivity index (χ0v) is 18.9. The number of nitrogens with zero attached hydrogens (tertiary/aromatic N) is 3. The highest BCUT2D eigenvalue weighted by molar-refractivity contribution is 5.64. The molecular formula is C26H27N5O2. The molecule has 3 aromatic carbocycles. The van der Waals surface area contributed by atoms with E-state index in [-0.39, 0.29) is 6.04 Å². The van der Waals surface area contributed by atoms with Crippen LogP contribution in [0.3, 0.4) is 0 Å². The molecule has 0 aliphatic heterocycles. The lowest BCUT2D eigenvalue weighted by Gasteiger charge is -2.20. The highest BCUT2D eigenvalue weighted by Gasteiger charge is 2.15. The van der Waals surface area contributed by atoms with Crippen molar-refractivity contribution in [2.24, 2.45) is 0 Å². The van der Waals surface area contributed by atoms with Gasteiger partial charge in [0.15, 0.2) is 0 Å². The van der Waals surface area contributed by atoms with Gasteiger partial charge in [-0.15, -0.1) is 0 Å².